The molecule has 1 amide bonds. The van der Waals surface area contributed by atoms with Gasteiger partial charge in [0.05, 0.1) is 14.2 Å². The van der Waals surface area contributed by atoms with E-state index in [9.17, 15) is 4.79 Å². The minimum Gasteiger partial charge on any atom is -0.497 e. The fourth-order valence-corrected chi connectivity index (χ4v) is 3.58. The van der Waals surface area contributed by atoms with E-state index in [2.05, 4.69) is 4.90 Å². The Kier molecular flexibility index (Phi) is 6.15. The Morgan fingerprint density at radius 1 is 1.12 bits per heavy atom. The van der Waals surface area contributed by atoms with Crippen LogP contribution in [-0.2, 0) is 16.1 Å². The number of piperazine rings is 1. The molecule has 2 saturated heterocycles. The van der Waals surface area contributed by atoms with Gasteiger partial charge in [-0.05, 0) is 31.0 Å². The second-order valence-electron chi connectivity index (χ2n) is 6.67. The predicted octanol–water partition coefficient (Wildman–Crippen LogP) is 1.77. The summed E-state index contributed by atoms with van der Waals surface area (Å²) in [5.41, 5.74) is 1.12. The van der Waals surface area contributed by atoms with Gasteiger partial charge in [0.1, 0.15) is 11.5 Å². The van der Waals surface area contributed by atoms with E-state index in [0.717, 1.165) is 62.6 Å². The van der Waals surface area contributed by atoms with Gasteiger partial charge in [0.25, 0.3) is 0 Å². The molecular formula is C19H28N2O4. The maximum Gasteiger partial charge on any atom is 0.225 e. The van der Waals surface area contributed by atoms with E-state index in [0.29, 0.717) is 19.1 Å². The largest absolute Gasteiger partial charge is 0.497 e. The van der Waals surface area contributed by atoms with Gasteiger partial charge in [-0.15, -0.1) is 0 Å². The van der Waals surface area contributed by atoms with Crippen LogP contribution in [0.1, 0.15) is 18.4 Å². The molecule has 0 saturated carbocycles. The Hall–Kier alpha value is -1.79. The number of ether oxygens (including phenoxy) is 3. The first-order chi connectivity index (χ1) is 12.2. The molecule has 25 heavy (non-hydrogen) atoms. The second-order valence-corrected chi connectivity index (χ2v) is 6.67. The molecular weight excluding hydrogens is 320 g/mol. The Bertz CT molecular complexity index is 579. The number of hydrogen-bond donors (Lipinski definition) is 0. The third kappa shape index (κ3) is 4.44. The fraction of sp³-hybridized carbons (Fsp3) is 0.632. The molecule has 0 atom stereocenters. The van der Waals surface area contributed by atoms with E-state index in [4.69, 9.17) is 14.2 Å². The number of benzene rings is 1. The van der Waals surface area contributed by atoms with Gasteiger partial charge in [-0.25, -0.2) is 0 Å². The van der Waals surface area contributed by atoms with Crippen LogP contribution in [-0.4, -0.2) is 69.3 Å². The van der Waals surface area contributed by atoms with Crippen LogP contribution in [0.3, 0.4) is 0 Å². The van der Waals surface area contributed by atoms with Crippen LogP contribution in [0.5, 0.6) is 11.5 Å². The second kappa shape index (κ2) is 8.54. The van der Waals surface area contributed by atoms with Crippen molar-refractivity contribution in [2.24, 2.45) is 5.92 Å². The smallest absolute Gasteiger partial charge is 0.225 e. The molecule has 0 aromatic heterocycles. The summed E-state index contributed by atoms with van der Waals surface area (Å²) in [6.07, 6.45) is 1.72. The van der Waals surface area contributed by atoms with Gasteiger partial charge in [-0.3, -0.25) is 9.69 Å². The number of hydrogen-bond acceptors (Lipinski definition) is 5. The molecule has 6 nitrogen and oxygen atoms in total. The molecule has 1 aromatic rings. The third-order valence-electron chi connectivity index (χ3n) is 5.14. The normalized spacial score (nSPS) is 19.7. The zero-order valence-corrected chi connectivity index (χ0v) is 15.2. The summed E-state index contributed by atoms with van der Waals surface area (Å²) in [5, 5.41) is 0. The Labute approximate surface area is 149 Å². The van der Waals surface area contributed by atoms with E-state index < -0.39 is 0 Å². The summed E-state index contributed by atoms with van der Waals surface area (Å²) in [4.78, 5) is 17.0. The molecule has 2 heterocycles. The molecule has 2 aliphatic heterocycles. The third-order valence-corrected chi connectivity index (χ3v) is 5.14. The van der Waals surface area contributed by atoms with Crippen molar-refractivity contribution < 1.29 is 19.0 Å². The maximum absolute atomic E-state index is 12.6. The van der Waals surface area contributed by atoms with Crippen molar-refractivity contribution in [1.29, 1.82) is 0 Å². The van der Waals surface area contributed by atoms with E-state index in [1.807, 2.05) is 23.1 Å². The van der Waals surface area contributed by atoms with Gasteiger partial charge in [0.15, 0.2) is 0 Å². The van der Waals surface area contributed by atoms with Crippen molar-refractivity contribution in [1.82, 2.24) is 9.80 Å². The first-order valence-electron chi connectivity index (χ1n) is 9.01. The predicted molar refractivity (Wildman–Crippen MR) is 94.9 cm³/mol. The maximum atomic E-state index is 12.6. The van der Waals surface area contributed by atoms with Crippen molar-refractivity contribution in [2.75, 3.05) is 53.6 Å². The van der Waals surface area contributed by atoms with Gasteiger partial charge in [-0.2, -0.15) is 0 Å². The molecule has 3 rings (SSSR count). The van der Waals surface area contributed by atoms with Crippen molar-refractivity contribution in [3.8, 4) is 11.5 Å². The monoisotopic (exact) mass is 348 g/mol. The molecule has 1 aromatic carbocycles. The van der Waals surface area contributed by atoms with E-state index in [1.54, 1.807) is 14.2 Å². The molecule has 0 aliphatic carbocycles. The molecule has 2 fully saturated rings. The van der Waals surface area contributed by atoms with Crippen LogP contribution >= 0.6 is 0 Å². The number of amides is 1. The number of methoxy groups -OCH3 is 2. The van der Waals surface area contributed by atoms with Gasteiger partial charge >= 0.3 is 0 Å². The van der Waals surface area contributed by atoms with Gasteiger partial charge in [0.2, 0.25) is 5.91 Å². The highest BCUT2D eigenvalue weighted by atomic mass is 16.5. The van der Waals surface area contributed by atoms with Crippen LogP contribution in [0.15, 0.2) is 18.2 Å². The lowest BCUT2D eigenvalue weighted by Crippen LogP contribution is -2.50. The van der Waals surface area contributed by atoms with Gasteiger partial charge < -0.3 is 19.1 Å². The molecule has 138 valence electrons. The molecule has 0 spiro atoms. The van der Waals surface area contributed by atoms with Gasteiger partial charge in [-0.1, -0.05) is 0 Å². The van der Waals surface area contributed by atoms with E-state index in [1.165, 1.54) is 0 Å². The van der Waals surface area contributed by atoms with Crippen LogP contribution < -0.4 is 9.47 Å². The minimum absolute atomic E-state index is 0.152. The van der Waals surface area contributed by atoms with E-state index >= 15 is 0 Å². The van der Waals surface area contributed by atoms with Crippen LogP contribution in [0.2, 0.25) is 0 Å². The molecule has 0 N–H and O–H groups in total. The van der Waals surface area contributed by atoms with E-state index in [-0.39, 0.29) is 5.92 Å². The average Bonchev–Trinajstić information content (AvgIpc) is 2.68. The quantitative estimate of drug-likeness (QED) is 0.812. The zero-order chi connectivity index (χ0) is 17.6. The lowest BCUT2D eigenvalue weighted by atomic mass is 9.98. The number of carbonyl (C=O) groups is 1. The molecule has 2 aliphatic rings. The zero-order valence-electron chi connectivity index (χ0n) is 15.2. The van der Waals surface area contributed by atoms with Crippen molar-refractivity contribution in [2.45, 2.75) is 19.4 Å². The SMILES string of the molecule is COc1ccc(OC)c(CN2CCN(C(=O)C3CCOCC3)CC2)c1. The highest BCUT2D eigenvalue weighted by Crippen LogP contribution is 2.26. The summed E-state index contributed by atoms with van der Waals surface area (Å²) in [7, 11) is 3.36. The summed E-state index contributed by atoms with van der Waals surface area (Å²) in [5.74, 6) is 2.17. The first-order valence-corrected chi connectivity index (χ1v) is 9.01. The number of carbonyl (C=O) groups excluding carboxylic acids is 1. The highest BCUT2D eigenvalue weighted by Gasteiger charge is 2.28. The summed E-state index contributed by atoms with van der Waals surface area (Å²) < 4.78 is 16.1. The van der Waals surface area contributed by atoms with Crippen molar-refractivity contribution >= 4 is 5.91 Å². The molecule has 6 heteroatoms. The Morgan fingerprint density at radius 3 is 2.48 bits per heavy atom. The Morgan fingerprint density at radius 2 is 1.84 bits per heavy atom. The summed E-state index contributed by atoms with van der Waals surface area (Å²) in [6, 6.07) is 5.88. The standard InChI is InChI=1S/C19H28N2O4/c1-23-17-3-4-18(24-2)16(13-17)14-20-7-9-21(10-8-20)19(22)15-5-11-25-12-6-15/h3-4,13,15H,5-12,14H2,1-2H3. The van der Waals surface area contributed by atoms with Crippen molar-refractivity contribution in [3.63, 3.8) is 0 Å². The van der Waals surface area contributed by atoms with Crippen LogP contribution in [0.4, 0.5) is 0 Å². The van der Waals surface area contributed by atoms with Gasteiger partial charge in [0, 0.05) is 57.4 Å². The lowest BCUT2D eigenvalue weighted by Gasteiger charge is -2.37. The molecule has 0 bridgehead atoms. The molecule has 0 unspecified atom stereocenters. The van der Waals surface area contributed by atoms with Crippen LogP contribution in [0.25, 0.3) is 0 Å². The van der Waals surface area contributed by atoms with Crippen molar-refractivity contribution in [3.05, 3.63) is 23.8 Å². The summed E-state index contributed by atoms with van der Waals surface area (Å²) >= 11 is 0. The number of rotatable bonds is 5. The highest BCUT2D eigenvalue weighted by molar-refractivity contribution is 5.79. The lowest BCUT2D eigenvalue weighted by molar-refractivity contribution is -0.140. The minimum atomic E-state index is 0.152. The Balaban J connectivity index is 1.55. The average molecular weight is 348 g/mol. The van der Waals surface area contributed by atoms with Crippen LogP contribution in [0, 0.1) is 5.92 Å². The topological polar surface area (TPSA) is 51.2 Å². The summed E-state index contributed by atoms with van der Waals surface area (Å²) in [6.45, 7) is 5.59. The first kappa shape index (κ1) is 18.0. The fourth-order valence-electron chi connectivity index (χ4n) is 3.58. The number of nitrogens with zero attached hydrogens (tertiary/aromatic N) is 2. The molecule has 0 radical (unpaired) electrons.